The van der Waals surface area contributed by atoms with Crippen LogP contribution < -0.4 is 5.73 Å². The van der Waals surface area contributed by atoms with E-state index in [-0.39, 0.29) is 0 Å². The van der Waals surface area contributed by atoms with E-state index in [0.717, 1.165) is 6.92 Å². The van der Waals surface area contributed by atoms with Crippen LogP contribution in [0.4, 0.5) is 0 Å². The molecule has 0 aromatic carbocycles. The molecule has 0 aromatic heterocycles. The number of aliphatic hydroxyl groups is 3. The van der Waals surface area contributed by atoms with Crippen molar-refractivity contribution in [3.8, 4) is 0 Å². The number of rotatable bonds is 4. The van der Waals surface area contributed by atoms with Crippen molar-refractivity contribution in [3.63, 3.8) is 0 Å². The second-order valence-electron chi connectivity index (χ2n) is 4.15. The van der Waals surface area contributed by atoms with Crippen LogP contribution in [0.2, 0.25) is 0 Å². The average molecular weight is 301 g/mol. The van der Waals surface area contributed by atoms with Gasteiger partial charge in [0.05, 0.1) is 12.6 Å². The Bertz CT molecular complexity index is 396. The zero-order valence-electron chi connectivity index (χ0n) is 9.91. The van der Waals surface area contributed by atoms with Gasteiger partial charge in [0.15, 0.2) is 5.78 Å². The maximum Gasteiger partial charge on any atom is 0.472 e. The summed E-state index contributed by atoms with van der Waals surface area (Å²) in [5, 5.41) is 28.2. The number of hydrogen-bond donors (Lipinski definition) is 6. The third-order valence-corrected chi connectivity index (χ3v) is 3.30. The highest BCUT2D eigenvalue weighted by molar-refractivity contribution is 7.46. The molecule has 7 N–H and O–H groups in total. The van der Waals surface area contributed by atoms with Gasteiger partial charge in [-0.05, 0) is 0 Å². The lowest BCUT2D eigenvalue weighted by molar-refractivity contribution is -0.289. The summed E-state index contributed by atoms with van der Waals surface area (Å²) in [6.45, 7) is 0.0683. The molecule has 1 aliphatic heterocycles. The number of nitrogens with two attached hydrogens (primary N) is 1. The number of hydrogen-bond acceptors (Lipinski definition) is 8. The summed E-state index contributed by atoms with van der Waals surface area (Å²) in [7, 11) is -5.17. The highest BCUT2D eigenvalue weighted by atomic mass is 31.2. The van der Waals surface area contributed by atoms with E-state index >= 15 is 0 Å². The molecule has 0 aliphatic carbocycles. The van der Waals surface area contributed by atoms with Crippen molar-refractivity contribution in [2.45, 2.75) is 37.1 Å². The average Bonchev–Trinajstić information content (AvgIpc) is 2.28. The number of aliphatic hydroxyl groups excluding tert-OH is 3. The minimum atomic E-state index is -5.17. The fraction of sp³-hybridized carbons (Fsp3) is 0.875. The van der Waals surface area contributed by atoms with E-state index in [1.807, 2.05) is 0 Å². The Balaban J connectivity index is 3.21. The zero-order valence-corrected chi connectivity index (χ0v) is 10.8. The van der Waals surface area contributed by atoms with Crippen molar-refractivity contribution >= 4 is 13.6 Å². The van der Waals surface area contributed by atoms with Crippen LogP contribution in [0.5, 0.6) is 0 Å². The van der Waals surface area contributed by atoms with Gasteiger partial charge in [-0.15, -0.1) is 0 Å². The highest BCUT2D eigenvalue weighted by Gasteiger charge is 2.59. The van der Waals surface area contributed by atoms with Gasteiger partial charge in [-0.1, -0.05) is 0 Å². The van der Waals surface area contributed by atoms with Crippen LogP contribution >= 0.6 is 7.82 Å². The minimum absolute atomic E-state index is 0.815. The summed E-state index contributed by atoms with van der Waals surface area (Å²) in [4.78, 5) is 29.2. The number of ketones is 1. The topological polar surface area (TPSA) is 180 Å². The minimum Gasteiger partial charge on any atom is -0.394 e. The molecule has 1 rings (SSSR count). The van der Waals surface area contributed by atoms with Crippen LogP contribution in [0.15, 0.2) is 0 Å². The van der Waals surface area contributed by atoms with Crippen molar-refractivity contribution in [2.24, 2.45) is 5.73 Å². The number of carbonyl (C=O) groups excluding carboxylic acids is 1. The number of Topliss-reactive ketones (excluding diaryl/α,β-unsaturated/α-hetero) is 1. The van der Waals surface area contributed by atoms with E-state index < -0.39 is 50.4 Å². The van der Waals surface area contributed by atoms with Crippen LogP contribution in [-0.4, -0.2) is 67.6 Å². The summed E-state index contributed by atoms with van der Waals surface area (Å²) < 4.78 is 20.1. The van der Waals surface area contributed by atoms with Crippen LogP contribution in [0.1, 0.15) is 6.92 Å². The molecule has 0 amide bonds. The molecular weight excluding hydrogens is 285 g/mol. The second-order valence-corrected chi connectivity index (χ2v) is 5.32. The van der Waals surface area contributed by atoms with Crippen LogP contribution in [-0.2, 0) is 18.6 Å². The molecule has 1 saturated heterocycles. The van der Waals surface area contributed by atoms with Gasteiger partial charge in [0.1, 0.15) is 18.3 Å². The monoisotopic (exact) mass is 301 g/mol. The van der Waals surface area contributed by atoms with Crippen molar-refractivity contribution < 1.29 is 43.7 Å². The summed E-state index contributed by atoms with van der Waals surface area (Å²) in [6.07, 6.45) is -4.89. The van der Waals surface area contributed by atoms with Gasteiger partial charge in [0.25, 0.3) is 5.79 Å². The Morgan fingerprint density at radius 2 is 1.95 bits per heavy atom. The molecule has 0 radical (unpaired) electrons. The molecule has 1 unspecified atom stereocenters. The van der Waals surface area contributed by atoms with Crippen molar-refractivity contribution in [3.05, 3.63) is 0 Å². The number of phosphoric acid groups is 1. The summed E-state index contributed by atoms with van der Waals surface area (Å²) in [6, 6.07) is -1.74. The zero-order chi connectivity index (χ0) is 15.0. The SMILES string of the molecule is CC(=O)C1(OP(=O)(O)O)O[C@H](CO)[C@@H](O)[C@H](O)[C@@H]1N. The quantitative estimate of drug-likeness (QED) is 0.290. The molecule has 0 saturated carbocycles. The number of phosphoric ester groups is 1. The maximum absolute atomic E-state index is 11.6. The van der Waals surface area contributed by atoms with Crippen molar-refractivity contribution in [1.82, 2.24) is 0 Å². The van der Waals surface area contributed by atoms with E-state index in [2.05, 4.69) is 4.52 Å². The second kappa shape index (κ2) is 5.52. The largest absolute Gasteiger partial charge is 0.472 e. The molecule has 19 heavy (non-hydrogen) atoms. The van der Waals surface area contributed by atoms with Gasteiger partial charge >= 0.3 is 7.82 Å². The lowest BCUT2D eigenvalue weighted by atomic mass is 9.89. The fourth-order valence-electron chi connectivity index (χ4n) is 1.82. The van der Waals surface area contributed by atoms with E-state index in [4.69, 9.17) is 25.4 Å². The summed E-state index contributed by atoms with van der Waals surface area (Å²) >= 11 is 0. The third-order valence-electron chi connectivity index (χ3n) is 2.79. The predicted octanol–water partition coefficient (Wildman–Crippen LogP) is -3.18. The van der Waals surface area contributed by atoms with Crippen molar-refractivity contribution in [2.75, 3.05) is 6.61 Å². The fourth-order valence-corrected chi connectivity index (χ4v) is 2.46. The predicted molar refractivity (Wildman–Crippen MR) is 58.5 cm³/mol. The standard InChI is InChI=1S/C8H16NO9P/c1-3(11)8(18-19(14,15)16)7(9)6(13)5(12)4(2-10)17-8/h4-7,10,12-13H,2,9H2,1H3,(H2,14,15,16)/t4-,5-,6+,7+,8?/m1/s1. The molecule has 0 spiro atoms. The Labute approximate surface area is 108 Å². The Morgan fingerprint density at radius 1 is 1.42 bits per heavy atom. The maximum atomic E-state index is 11.6. The van der Waals surface area contributed by atoms with E-state index in [1.54, 1.807) is 0 Å². The molecular formula is C8H16NO9P. The van der Waals surface area contributed by atoms with Crippen LogP contribution in [0, 0.1) is 0 Å². The molecule has 1 heterocycles. The molecule has 1 fully saturated rings. The molecule has 11 heteroatoms. The van der Waals surface area contributed by atoms with Gasteiger partial charge in [0.2, 0.25) is 0 Å². The lowest BCUT2D eigenvalue weighted by Crippen LogP contribution is -2.71. The molecule has 0 aromatic rings. The van der Waals surface area contributed by atoms with Crippen LogP contribution in [0.3, 0.4) is 0 Å². The van der Waals surface area contributed by atoms with E-state index in [1.165, 1.54) is 0 Å². The summed E-state index contributed by atoms with van der Waals surface area (Å²) in [5.41, 5.74) is 5.47. The van der Waals surface area contributed by atoms with Gasteiger partial charge < -0.3 is 35.6 Å². The Hall–Kier alpha value is -0.420. The first-order valence-electron chi connectivity index (χ1n) is 5.23. The summed E-state index contributed by atoms with van der Waals surface area (Å²) in [5.74, 6) is -3.67. The van der Waals surface area contributed by atoms with Gasteiger partial charge in [-0.2, -0.15) is 0 Å². The first-order valence-corrected chi connectivity index (χ1v) is 6.76. The third kappa shape index (κ3) is 3.19. The van der Waals surface area contributed by atoms with E-state index in [0.29, 0.717) is 0 Å². The Kier molecular flexibility index (Phi) is 4.84. The number of ether oxygens (including phenoxy) is 1. The highest BCUT2D eigenvalue weighted by Crippen LogP contribution is 2.45. The first-order chi connectivity index (χ1) is 8.55. The number of carbonyl (C=O) groups is 1. The van der Waals surface area contributed by atoms with Crippen LogP contribution in [0.25, 0.3) is 0 Å². The smallest absolute Gasteiger partial charge is 0.394 e. The van der Waals surface area contributed by atoms with Gasteiger partial charge in [0, 0.05) is 6.92 Å². The Morgan fingerprint density at radius 3 is 2.32 bits per heavy atom. The normalized spacial score (nSPS) is 40.2. The van der Waals surface area contributed by atoms with Crippen molar-refractivity contribution in [1.29, 1.82) is 0 Å². The lowest BCUT2D eigenvalue weighted by Gasteiger charge is -2.46. The molecule has 5 atom stereocenters. The van der Waals surface area contributed by atoms with Gasteiger partial charge in [-0.3, -0.25) is 4.79 Å². The molecule has 10 nitrogen and oxygen atoms in total. The molecule has 112 valence electrons. The molecule has 0 bridgehead atoms. The van der Waals surface area contributed by atoms with Gasteiger partial charge in [-0.25, -0.2) is 9.09 Å². The molecule has 1 aliphatic rings. The van der Waals surface area contributed by atoms with E-state index in [9.17, 15) is 19.6 Å². The first kappa shape index (κ1) is 16.6.